The Morgan fingerprint density at radius 2 is 1.14 bits per heavy atom. The molecule has 8 saturated carbocycles. The van der Waals surface area contributed by atoms with Gasteiger partial charge in [-0.15, -0.1) is 0 Å². The van der Waals surface area contributed by atoms with Gasteiger partial charge in [0, 0.05) is 12.1 Å². The van der Waals surface area contributed by atoms with Crippen molar-refractivity contribution in [2.24, 2.45) is 46.3 Å². The lowest BCUT2D eigenvalue weighted by atomic mass is 9.49. The van der Waals surface area contributed by atoms with Crippen molar-refractivity contribution >= 4 is 17.6 Å². The number of hydrogen-bond donors (Lipinski definition) is 1. The van der Waals surface area contributed by atoms with Gasteiger partial charge in [-0.05, 0) is 125 Å². The molecule has 0 heterocycles. The van der Waals surface area contributed by atoms with Crippen molar-refractivity contribution in [2.75, 3.05) is 18.5 Å². The number of carbonyl (C=O) groups excluding carboxylic acids is 2. The molecule has 0 aliphatic heterocycles. The van der Waals surface area contributed by atoms with Crippen LogP contribution in [0.4, 0.5) is 5.69 Å². The van der Waals surface area contributed by atoms with Gasteiger partial charge in [-0.1, -0.05) is 18.2 Å². The highest BCUT2D eigenvalue weighted by Crippen LogP contribution is 2.61. The summed E-state index contributed by atoms with van der Waals surface area (Å²) in [5.74, 6) is 4.43. The normalized spacial score (nSPS) is 41.4. The van der Waals surface area contributed by atoms with Crippen LogP contribution in [0.2, 0.25) is 0 Å². The first-order valence-electron chi connectivity index (χ1n) is 15.1. The largest absolute Gasteiger partial charge is 0.465 e. The summed E-state index contributed by atoms with van der Waals surface area (Å²) in [6, 6.07) is 10.0. The lowest BCUT2D eigenvalue weighted by Gasteiger charge is -2.55. The minimum Gasteiger partial charge on any atom is -0.465 e. The van der Waals surface area contributed by atoms with E-state index in [1.165, 1.54) is 38.5 Å². The number of anilines is 1. The van der Waals surface area contributed by atoms with E-state index < -0.39 is 0 Å². The summed E-state index contributed by atoms with van der Waals surface area (Å²) in [6.07, 6.45) is 14.7. The molecule has 37 heavy (non-hydrogen) atoms. The van der Waals surface area contributed by atoms with Gasteiger partial charge in [-0.3, -0.25) is 9.59 Å². The van der Waals surface area contributed by atoms with Gasteiger partial charge >= 0.3 is 11.9 Å². The van der Waals surface area contributed by atoms with E-state index in [1.807, 2.05) is 30.3 Å². The summed E-state index contributed by atoms with van der Waals surface area (Å²) < 4.78 is 12.1. The summed E-state index contributed by atoms with van der Waals surface area (Å²) in [7, 11) is 0. The summed E-state index contributed by atoms with van der Waals surface area (Å²) in [5, 5.41) is 3.55. The maximum atomic E-state index is 13.5. The summed E-state index contributed by atoms with van der Waals surface area (Å²) >= 11 is 0. The van der Waals surface area contributed by atoms with Gasteiger partial charge in [0.05, 0.1) is 23.5 Å². The predicted octanol–water partition coefficient (Wildman–Crippen LogP) is 6.38. The fourth-order valence-corrected chi connectivity index (χ4v) is 10.5. The molecule has 1 unspecified atom stereocenters. The van der Waals surface area contributed by atoms with Gasteiger partial charge < -0.3 is 14.8 Å². The topological polar surface area (TPSA) is 64.6 Å². The molecule has 0 amide bonds. The molecule has 0 spiro atoms. The third kappa shape index (κ3) is 4.59. The number of esters is 2. The van der Waals surface area contributed by atoms with Crippen molar-refractivity contribution in [1.29, 1.82) is 0 Å². The fourth-order valence-electron chi connectivity index (χ4n) is 10.5. The van der Waals surface area contributed by atoms with Gasteiger partial charge in [-0.25, -0.2) is 0 Å². The summed E-state index contributed by atoms with van der Waals surface area (Å²) in [4.78, 5) is 26.8. The van der Waals surface area contributed by atoms with Gasteiger partial charge in [0.2, 0.25) is 0 Å². The molecule has 1 aromatic carbocycles. The van der Waals surface area contributed by atoms with Gasteiger partial charge in [0.1, 0.15) is 6.61 Å². The van der Waals surface area contributed by atoms with Crippen LogP contribution in [-0.4, -0.2) is 31.2 Å². The number of carbonyl (C=O) groups is 2. The molecular formula is C32H43NO4. The molecule has 0 saturated heterocycles. The monoisotopic (exact) mass is 505 g/mol. The average molecular weight is 506 g/mol. The van der Waals surface area contributed by atoms with Crippen LogP contribution in [0.5, 0.6) is 0 Å². The third-order valence-corrected chi connectivity index (χ3v) is 11.2. The molecule has 200 valence electrons. The molecule has 1 aromatic rings. The maximum Gasteiger partial charge on any atom is 0.312 e. The van der Waals surface area contributed by atoms with Crippen molar-refractivity contribution < 1.29 is 19.1 Å². The first kappa shape index (κ1) is 24.0. The van der Waals surface area contributed by atoms with E-state index in [4.69, 9.17) is 9.47 Å². The Morgan fingerprint density at radius 1 is 0.703 bits per heavy atom. The molecule has 1 atom stereocenters. The van der Waals surface area contributed by atoms with Crippen LogP contribution in [0, 0.1) is 46.3 Å². The lowest BCUT2D eigenvalue weighted by molar-refractivity contribution is -0.174. The van der Waals surface area contributed by atoms with Gasteiger partial charge in [0.25, 0.3) is 0 Å². The number of hydrogen-bond acceptors (Lipinski definition) is 5. The van der Waals surface area contributed by atoms with Crippen LogP contribution in [0.3, 0.4) is 0 Å². The van der Waals surface area contributed by atoms with Crippen LogP contribution in [-0.2, 0) is 19.1 Å². The molecule has 8 aliphatic carbocycles. The predicted molar refractivity (Wildman–Crippen MR) is 142 cm³/mol. The zero-order valence-electron chi connectivity index (χ0n) is 22.2. The van der Waals surface area contributed by atoms with Crippen molar-refractivity contribution in [3.8, 4) is 0 Å². The first-order chi connectivity index (χ1) is 18.0. The molecule has 5 heteroatoms. The number of nitrogens with one attached hydrogen (secondary N) is 1. The molecule has 8 fully saturated rings. The zero-order chi connectivity index (χ0) is 25.0. The highest BCUT2D eigenvalue weighted by molar-refractivity contribution is 5.78. The second-order valence-electron chi connectivity index (χ2n) is 14.1. The zero-order valence-corrected chi connectivity index (χ0v) is 22.2. The van der Waals surface area contributed by atoms with Crippen molar-refractivity contribution in [3.63, 3.8) is 0 Å². The number of rotatable bonds is 9. The number of benzene rings is 1. The Bertz CT molecular complexity index is 948. The highest BCUT2D eigenvalue weighted by Gasteiger charge is 2.56. The Labute approximate surface area is 221 Å². The number of ether oxygens (including phenoxy) is 2. The van der Waals surface area contributed by atoms with E-state index in [2.05, 4.69) is 5.32 Å². The van der Waals surface area contributed by atoms with Crippen molar-refractivity contribution in [2.45, 2.75) is 89.5 Å². The van der Waals surface area contributed by atoms with Crippen LogP contribution in [0.25, 0.3) is 0 Å². The van der Waals surface area contributed by atoms with Crippen LogP contribution < -0.4 is 5.32 Å². The quantitative estimate of drug-likeness (QED) is 0.395. The van der Waals surface area contributed by atoms with Crippen molar-refractivity contribution in [1.82, 2.24) is 0 Å². The van der Waals surface area contributed by atoms with Crippen LogP contribution >= 0.6 is 0 Å². The molecule has 0 radical (unpaired) electrons. The van der Waals surface area contributed by atoms with Crippen LogP contribution in [0.1, 0.15) is 83.5 Å². The minimum absolute atomic E-state index is 0.0250. The second kappa shape index (κ2) is 9.31. The maximum absolute atomic E-state index is 13.5. The van der Waals surface area contributed by atoms with Gasteiger partial charge in [-0.2, -0.15) is 0 Å². The Hall–Kier alpha value is -2.04. The SMILES string of the molecule is O=C(OCCC(COC(=O)C12CC3CC(CC(C3)C1)C2)Nc1ccccc1)C12CC3CC(CC(C3)C1)C2. The van der Waals surface area contributed by atoms with Crippen LogP contribution in [0.15, 0.2) is 30.3 Å². The second-order valence-corrected chi connectivity index (χ2v) is 14.1. The smallest absolute Gasteiger partial charge is 0.312 e. The molecule has 1 N–H and O–H groups in total. The highest BCUT2D eigenvalue weighted by atomic mass is 16.5. The Morgan fingerprint density at radius 3 is 1.59 bits per heavy atom. The van der Waals surface area contributed by atoms with E-state index in [-0.39, 0.29) is 28.8 Å². The third-order valence-electron chi connectivity index (χ3n) is 11.2. The molecule has 0 aromatic heterocycles. The van der Waals surface area contributed by atoms with Gasteiger partial charge in [0.15, 0.2) is 0 Å². The lowest BCUT2D eigenvalue weighted by Crippen LogP contribution is -2.51. The Kier molecular flexibility index (Phi) is 6.05. The van der Waals surface area contributed by atoms with E-state index in [0.717, 1.165) is 79.7 Å². The summed E-state index contributed by atoms with van der Waals surface area (Å²) in [6.45, 7) is 0.699. The number of para-hydroxylation sites is 1. The Balaban J connectivity index is 0.972. The van der Waals surface area contributed by atoms with E-state index in [9.17, 15) is 9.59 Å². The summed E-state index contributed by atoms with van der Waals surface area (Å²) in [5.41, 5.74) is 0.546. The van der Waals surface area contributed by atoms with E-state index in [0.29, 0.717) is 19.6 Å². The molecule has 5 nitrogen and oxygen atoms in total. The first-order valence-corrected chi connectivity index (χ1v) is 15.1. The molecule has 9 rings (SSSR count). The van der Waals surface area contributed by atoms with E-state index >= 15 is 0 Å². The average Bonchev–Trinajstić information content (AvgIpc) is 2.86. The fraction of sp³-hybridized carbons (Fsp3) is 0.750. The van der Waals surface area contributed by atoms with Crippen molar-refractivity contribution in [3.05, 3.63) is 30.3 Å². The molecule has 8 aliphatic rings. The molecule has 8 bridgehead atoms. The standard InChI is InChI=1S/C32H43NO4/c34-29(31-14-21-8-22(15-31)10-23(9-21)16-31)36-7-6-28(33-27-4-2-1-3-5-27)20-37-30(35)32-17-24-11-25(18-32)13-26(12-24)19-32/h1-5,21-26,28,33H,6-20H2. The minimum atomic E-state index is -0.239. The van der Waals surface area contributed by atoms with E-state index in [1.54, 1.807) is 0 Å². The molecular weight excluding hydrogens is 462 g/mol.